The van der Waals surface area contributed by atoms with Crippen LogP contribution in [0, 0.1) is 24.0 Å². The van der Waals surface area contributed by atoms with Crippen LogP contribution in [0.25, 0.3) is 0 Å². The van der Waals surface area contributed by atoms with E-state index in [-0.39, 0.29) is 24.0 Å². The molecule has 1 saturated heterocycles. The second-order valence-corrected chi connectivity index (χ2v) is 7.56. The molecule has 0 aliphatic carbocycles. The van der Waals surface area contributed by atoms with E-state index in [4.69, 9.17) is 0 Å². The molecule has 8 nitrogen and oxygen atoms in total. The lowest BCUT2D eigenvalue weighted by molar-refractivity contribution is -0.384. The first-order valence-electron chi connectivity index (χ1n) is 9.93. The minimum atomic E-state index is -0.484. The first kappa shape index (κ1) is 21.4. The molecule has 0 bridgehead atoms. The predicted octanol–water partition coefficient (Wildman–Crippen LogP) is 2.54. The van der Waals surface area contributed by atoms with Crippen LogP contribution >= 0.6 is 0 Å². The van der Waals surface area contributed by atoms with Crippen molar-refractivity contribution >= 4 is 23.2 Å². The number of nitro benzene ring substituents is 1. The highest BCUT2D eigenvalue weighted by molar-refractivity contribution is 5.93. The number of benzene rings is 2. The summed E-state index contributed by atoms with van der Waals surface area (Å²) >= 11 is 0. The Morgan fingerprint density at radius 1 is 1.03 bits per heavy atom. The Kier molecular flexibility index (Phi) is 6.79. The third kappa shape index (κ3) is 5.42. The number of carbonyl (C=O) groups excluding carboxylic acids is 2. The van der Waals surface area contributed by atoms with Crippen LogP contribution < -0.4 is 5.32 Å². The summed E-state index contributed by atoms with van der Waals surface area (Å²) in [5, 5.41) is 13.7. The standard InChI is InChI=1S/C22H26N4O4/c1-16-5-3-4-6-18(16)13-22(28)25-11-9-24(10-12-25)15-21(27)23-20-14-19(26(29)30)8-7-17(20)2/h3-8,14H,9-13,15H2,1-2H3,(H,23,27). The van der Waals surface area contributed by atoms with Gasteiger partial charge in [0.2, 0.25) is 11.8 Å². The number of carbonyl (C=O) groups is 2. The number of hydrogen-bond acceptors (Lipinski definition) is 5. The Bertz CT molecular complexity index is 952. The number of anilines is 1. The third-order valence-electron chi connectivity index (χ3n) is 5.40. The molecule has 0 saturated carbocycles. The van der Waals surface area contributed by atoms with Gasteiger partial charge in [-0.25, -0.2) is 0 Å². The van der Waals surface area contributed by atoms with Crippen molar-refractivity contribution in [3.05, 3.63) is 69.3 Å². The molecule has 1 fully saturated rings. The number of hydrogen-bond donors (Lipinski definition) is 1. The molecule has 2 amide bonds. The van der Waals surface area contributed by atoms with E-state index in [0.717, 1.165) is 16.7 Å². The predicted molar refractivity (Wildman–Crippen MR) is 114 cm³/mol. The number of nitrogens with zero attached hydrogens (tertiary/aromatic N) is 3. The fraction of sp³-hybridized carbons (Fsp3) is 0.364. The van der Waals surface area contributed by atoms with Gasteiger partial charge in [0.25, 0.3) is 5.69 Å². The van der Waals surface area contributed by atoms with E-state index in [1.807, 2.05) is 41.0 Å². The third-order valence-corrected chi connectivity index (χ3v) is 5.40. The fourth-order valence-electron chi connectivity index (χ4n) is 3.49. The summed E-state index contributed by atoms with van der Waals surface area (Å²) in [5.41, 5.74) is 3.30. The van der Waals surface area contributed by atoms with Gasteiger partial charge in [0.05, 0.1) is 23.6 Å². The summed E-state index contributed by atoms with van der Waals surface area (Å²) < 4.78 is 0. The summed E-state index contributed by atoms with van der Waals surface area (Å²) in [6.45, 7) is 6.35. The van der Waals surface area contributed by atoms with Crippen LogP contribution in [0.3, 0.4) is 0 Å². The van der Waals surface area contributed by atoms with Crippen molar-refractivity contribution in [2.75, 3.05) is 38.0 Å². The van der Waals surface area contributed by atoms with Gasteiger partial charge in [-0.3, -0.25) is 24.6 Å². The number of amides is 2. The highest BCUT2D eigenvalue weighted by Gasteiger charge is 2.23. The molecule has 1 N–H and O–H groups in total. The van der Waals surface area contributed by atoms with Crippen LogP contribution in [0.5, 0.6) is 0 Å². The van der Waals surface area contributed by atoms with Gasteiger partial charge in [-0.1, -0.05) is 30.3 Å². The number of aryl methyl sites for hydroxylation is 2. The van der Waals surface area contributed by atoms with Crippen LogP contribution in [0.15, 0.2) is 42.5 Å². The van der Waals surface area contributed by atoms with Gasteiger partial charge in [0, 0.05) is 38.3 Å². The molecule has 158 valence electrons. The van der Waals surface area contributed by atoms with Gasteiger partial charge in [-0.05, 0) is 30.5 Å². The van der Waals surface area contributed by atoms with E-state index in [1.165, 1.54) is 12.1 Å². The number of nitro groups is 1. The van der Waals surface area contributed by atoms with Crippen LogP contribution in [0.4, 0.5) is 11.4 Å². The second kappa shape index (κ2) is 9.49. The highest BCUT2D eigenvalue weighted by atomic mass is 16.6. The van der Waals surface area contributed by atoms with E-state index in [2.05, 4.69) is 5.32 Å². The molecule has 0 unspecified atom stereocenters. The maximum absolute atomic E-state index is 12.6. The second-order valence-electron chi connectivity index (χ2n) is 7.56. The molecule has 1 heterocycles. The monoisotopic (exact) mass is 410 g/mol. The lowest BCUT2D eigenvalue weighted by Crippen LogP contribution is -2.50. The minimum absolute atomic E-state index is 0.0586. The zero-order valence-electron chi connectivity index (χ0n) is 17.3. The lowest BCUT2D eigenvalue weighted by Gasteiger charge is -2.34. The Hall–Kier alpha value is -3.26. The average Bonchev–Trinajstić information content (AvgIpc) is 2.71. The molecule has 3 rings (SSSR count). The van der Waals surface area contributed by atoms with Crippen LogP contribution in [-0.2, 0) is 16.0 Å². The molecule has 30 heavy (non-hydrogen) atoms. The van der Waals surface area contributed by atoms with Crippen LogP contribution in [0.2, 0.25) is 0 Å². The van der Waals surface area contributed by atoms with Gasteiger partial charge >= 0.3 is 0 Å². The summed E-state index contributed by atoms with van der Waals surface area (Å²) in [5.74, 6) is -0.126. The summed E-state index contributed by atoms with van der Waals surface area (Å²) in [6.07, 6.45) is 0.388. The zero-order chi connectivity index (χ0) is 21.7. The Balaban J connectivity index is 1.49. The molecule has 0 radical (unpaired) electrons. The maximum Gasteiger partial charge on any atom is 0.271 e. The van der Waals surface area contributed by atoms with E-state index in [9.17, 15) is 19.7 Å². The Morgan fingerprint density at radius 3 is 2.40 bits per heavy atom. The van der Waals surface area contributed by atoms with E-state index < -0.39 is 4.92 Å². The van der Waals surface area contributed by atoms with Gasteiger partial charge < -0.3 is 10.2 Å². The van der Waals surface area contributed by atoms with Crippen molar-refractivity contribution in [1.29, 1.82) is 0 Å². The lowest BCUT2D eigenvalue weighted by atomic mass is 10.1. The molecule has 0 spiro atoms. The largest absolute Gasteiger partial charge is 0.340 e. The number of piperazine rings is 1. The van der Waals surface area contributed by atoms with Gasteiger partial charge in [0.15, 0.2) is 0 Å². The van der Waals surface area contributed by atoms with Crippen molar-refractivity contribution < 1.29 is 14.5 Å². The fourth-order valence-corrected chi connectivity index (χ4v) is 3.49. The van der Waals surface area contributed by atoms with Crippen molar-refractivity contribution in [3.63, 3.8) is 0 Å². The molecule has 1 aliphatic rings. The molecule has 1 aliphatic heterocycles. The number of rotatable bonds is 6. The van der Waals surface area contributed by atoms with E-state index >= 15 is 0 Å². The van der Waals surface area contributed by atoms with Gasteiger partial charge in [0.1, 0.15) is 0 Å². The van der Waals surface area contributed by atoms with Gasteiger partial charge in [-0.15, -0.1) is 0 Å². The van der Waals surface area contributed by atoms with Crippen LogP contribution in [-0.4, -0.2) is 59.3 Å². The first-order valence-corrected chi connectivity index (χ1v) is 9.93. The van der Waals surface area contributed by atoms with E-state index in [0.29, 0.717) is 38.3 Å². The van der Waals surface area contributed by atoms with Crippen LogP contribution in [0.1, 0.15) is 16.7 Å². The highest BCUT2D eigenvalue weighted by Crippen LogP contribution is 2.22. The minimum Gasteiger partial charge on any atom is -0.340 e. The van der Waals surface area contributed by atoms with E-state index in [1.54, 1.807) is 13.0 Å². The molecule has 0 atom stereocenters. The summed E-state index contributed by atoms with van der Waals surface area (Å²) in [4.78, 5) is 39.3. The van der Waals surface area contributed by atoms with Crippen molar-refractivity contribution in [2.45, 2.75) is 20.3 Å². The number of non-ortho nitro benzene ring substituents is 1. The first-order chi connectivity index (χ1) is 14.3. The topological polar surface area (TPSA) is 95.8 Å². The SMILES string of the molecule is Cc1ccccc1CC(=O)N1CCN(CC(=O)Nc2cc([N+](=O)[O-])ccc2C)CC1. The molecular formula is C22H26N4O4. The summed E-state index contributed by atoms with van der Waals surface area (Å²) in [7, 11) is 0. The normalized spacial score (nSPS) is 14.4. The molecule has 2 aromatic carbocycles. The molecule has 0 aromatic heterocycles. The Labute approximate surface area is 175 Å². The smallest absolute Gasteiger partial charge is 0.271 e. The number of nitrogens with one attached hydrogen (secondary N) is 1. The summed E-state index contributed by atoms with van der Waals surface area (Å²) in [6, 6.07) is 12.3. The van der Waals surface area contributed by atoms with Crippen molar-refractivity contribution in [1.82, 2.24) is 9.80 Å². The van der Waals surface area contributed by atoms with Crippen molar-refractivity contribution in [3.8, 4) is 0 Å². The molecular weight excluding hydrogens is 384 g/mol. The van der Waals surface area contributed by atoms with Crippen molar-refractivity contribution in [2.24, 2.45) is 0 Å². The average molecular weight is 410 g/mol. The quantitative estimate of drug-likeness (QED) is 0.583. The zero-order valence-corrected chi connectivity index (χ0v) is 17.3. The van der Waals surface area contributed by atoms with Gasteiger partial charge in [-0.2, -0.15) is 0 Å². The molecule has 2 aromatic rings. The molecule has 8 heteroatoms. The Morgan fingerprint density at radius 2 is 1.73 bits per heavy atom. The maximum atomic E-state index is 12.6.